The summed E-state index contributed by atoms with van der Waals surface area (Å²) in [6, 6.07) is 6.87. The number of hydrogen-bond acceptors (Lipinski definition) is 5. The number of phenols is 1. The standard InChI is InChI=1S/C12H13N3O2S/c13-5-11-15-9(7-18-11)12(17)14-6-8-3-1-2-4-10(8)16/h1-4,7,16H,5-6,13H2,(H,14,17). The average molecular weight is 263 g/mol. The highest BCUT2D eigenvalue weighted by atomic mass is 32.1. The summed E-state index contributed by atoms with van der Waals surface area (Å²) in [7, 11) is 0. The predicted molar refractivity (Wildman–Crippen MR) is 69.3 cm³/mol. The maximum Gasteiger partial charge on any atom is 0.271 e. The second-order valence-electron chi connectivity index (χ2n) is 3.64. The fourth-order valence-corrected chi connectivity index (χ4v) is 2.09. The first kappa shape index (κ1) is 12.5. The normalized spacial score (nSPS) is 10.3. The van der Waals surface area contributed by atoms with E-state index in [1.165, 1.54) is 11.3 Å². The molecule has 0 aliphatic carbocycles. The molecule has 0 saturated heterocycles. The van der Waals surface area contributed by atoms with Gasteiger partial charge in [0.1, 0.15) is 16.5 Å². The Hall–Kier alpha value is -1.92. The number of hydrogen-bond donors (Lipinski definition) is 3. The summed E-state index contributed by atoms with van der Waals surface area (Å²) in [5.41, 5.74) is 6.46. The van der Waals surface area contributed by atoms with Crippen molar-refractivity contribution in [1.82, 2.24) is 10.3 Å². The van der Waals surface area contributed by atoms with Gasteiger partial charge in [-0.05, 0) is 6.07 Å². The van der Waals surface area contributed by atoms with Gasteiger partial charge in [0, 0.05) is 24.0 Å². The molecule has 0 spiro atoms. The first-order valence-electron chi connectivity index (χ1n) is 5.40. The van der Waals surface area contributed by atoms with Gasteiger partial charge >= 0.3 is 0 Å². The Morgan fingerprint density at radius 2 is 2.22 bits per heavy atom. The molecule has 1 aromatic heterocycles. The van der Waals surface area contributed by atoms with E-state index in [0.717, 1.165) is 5.01 Å². The van der Waals surface area contributed by atoms with Gasteiger partial charge in [-0.1, -0.05) is 18.2 Å². The second-order valence-corrected chi connectivity index (χ2v) is 4.58. The fourth-order valence-electron chi connectivity index (χ4n) is 1.44. The van der Waals surface area contributed by atoms with Crippen LogP contribution in [0.2, 0.25) is 0 Å². The SMILES string of the molecule is NCc1nc(C(=O)NCc2ccccc2O)cs1. The number of phenolic OH excluding ortho intramolecular Hbond substituents is 1. The van der Waals surface area contributed by atoms with Crippen molar-refractivity contribution >= 4 is 17.2 Å². The van der Waals surface area contributed by atoms with Crippen molar-refractivity contribution in [3.63, 3.8) is 0 Å². The number of thiazole rings is 1. The van der Waals surface area contributed by atoms with Crippen LogP contribution in [0.15, 0.2) is 29.6 Å². The molecule has 0 saturated carbocycles. The van der Waals surface area contributed by atoms with E-state index in [0.29, 0.717) is 17.8 Å². The minimum absolute atomic E-state index is 0.165. The van der Waals surface area contributed by atoms with Crippen LogP contribution in [0.4, 0.5) is 0 Å². The number of aromatic hydroxyl groups is 1. The highest BCUT2D eigenvalue weighted by molar-refractivity contribution is 7.09. The molecular weight excluding hydrogens is 250 g/mol. The Bertz CT molecular complexity index is 554. The van der Waals surface area contributed by atoms with Gasteiger partial charge in [0.2, 0.25) is 0 Å². The van der Waals surface area contributed by atoms with Gasteiger partial charge in [-0.3, -0.25) is 4.79 Å². The quantitative estimate of drug-likeness (QED) is 0.774. The highest BCUT2D eigenvalue weighted by Gasteiger charge is 2.10. The maximum absolute atomic E-state index is 11.8. The number of rotatable bonds is 4. The van der Waals surface area contributed by atoms with Crippen molar-refractivity contribution in [2.75, 3.05) is 0 Å². The predicted octanol–water partition coefficient (Wildman–Crippen LogP) is 1.24. The summed E-state index contributed by atoms with van der Waals surface area (Å²) < 4.78 is 0. The number of nitrogens with two attached hydrogens (primary N) is 1. The number of nitrogens with one attached hydrogen (secondary N) is 1. The van der Waals surface area contributed by atoms with Crippen molar-refractivity contribution < 1.29 is 9.90 Å². The Morgan fingerprint density at radius 1 is 1.44 bits per heavy atom. The second kappa shape index (κ2) is 5.61. The van der Waals surface area contributed by atoms with Crippen molar-refractivity contribution in [1.29, 1.82) is 0 Å². The molecule has 0 fully saturated rings. The van der Waals surface area contributed by atoms with Crippen molar-refractivity contribution in [2.45, 2.75) is 13.1 Å². The van der Waals surface area contributed by atoms with Gasteiger partial charge < -0.3 is 16.2 Å². The first-order valence-corrected chi connectivity index (χ1v) is 6.28. The Morgan fingerprint density at radius 3 is 2.89 bits per heavy atom. The van der Waals surface area contributed by atoms with Crippen LogP contribution in [-0.4, -0.2) is 16.0 Å². The molecule has 5 nitrogen and oxygen atoms in total. The summed E-state index contributed by atoms with van der Waals surface area (Å²) in [6.07, 6.45) is 0. The lowest BCUT2D eigenvalue weighted by Gasteiger charge is -2.05. The van der Waals surface area contributed by atoms with Gasteiger partial charge in [0.15, 0.2) is 0 Å². The smallest absolute Gasteiger partial charge is 0.271 e. The Labute approximate surface area is 108 Å². The van der Waals surface area contributed by atoms with E-state index >= 15 is 0 Å². The highest BCUT2D eigenvalue weighted by Crippen LogP contribution is 2.15. The Kier molecular flexibility index (Phi) is 3.91. The maximum atomic E-state index is 11.8. The van der Waals surface area contributed by atoms with E-state index in [-0.39, 0.29) is 18.2 Å². The Balaban J connectivity index is 1.98. The zero-order valence-corrected chi connectivity index (χ0v) is 10.4. The molecule has 0 atom stereocenters. The molecule has 6 heteroatoms. The lowest BCUT2D eigenvalue weighted by Crippen LogP contribution is -2.23. The van der Waals surface area contributed by atoms with Crippen LogP contribution in [0, 0.1) is 0 Å². The molecule has 18 heavy (non-hydrogen) atoms. The number of carbonyl (C=O) groups is 1. The molecule has 1 aromatic carbocycles. The van der Waals surface area contributed by atoms with Crippen LogP contribution in [0.5, 0.6) is 5.75 Å². The molecule has 1 amide bonds. The van der Waals surface area contributed by atoms with E-state index in [4.69, 9.17) is 5.73 Å². The molecule has 0 unspecified atom stereocenters. The van der Waals surface area contributed by atoms with Crippen molar-refractivity contribution in [2.24, 2.45) is 5.73 Å². The van der Waals surface area contributed by atoms with E-state index in [1.807, 2.05) is 0 Å². The summed E-state index contributed by atoms with van der Waals surface area (Å²) in [5.74, 6) is -0.104. The van der Waals surface area contributed by atoms with Gasteiger partial charge in [-0.2, -0.15) is 0 Å². The van der Waals surface area contributed by atoms with Crippen LogP contribution >= 0.6 is 11.3 Å². The van der Waals surface area contributed by atoms with Gasteiger partial charge in [-0.15, -0.1) is 11.3 Å². The molecule has 4 N–H and O–H groups in total. The third-order valence-corrected chi connectivity index (χ3v) is 3.26. The molecule has 94 valence electrons. The third-order valence-electron chi connectivity index (χ3n) is 2.39. The minimum atomic E-state index is -0.269. The largest absolute Gasteiger partial charge is 0.508 e. The number of para-hydroxylation sites is 1. The lowest BCUT2D eigenvalue weighted by atomic mass is 10.2. The van der Waals surface area contributed by atoms with Crippen LogP contribution < -0.4 is 11.1 Å². The molecule has 0 bridgehead atoms. The van der Waals surface area contributed by atoms with E-state index in [2.05, 4.69) is 10.3 Å². The molecule has 0 aliphatic rings. The number of nitrogens with zero attached hydrogens (tertiary/aromatic N) is 1. The van der Waals surface area contributed by atoms with E-state index in [9.17, 15) is 9.90 Å². The molecule has 2 aromatic rings. The topological polar surface area (TPSA) is 88.2 Å². The summed E-state index contributed by atoms with van der Waals surface area (Å²) in [4.78, 5) is 15.9. The molecule has 1 heterocycles. The number of aromatic nitrogens is 1. The fraction of sp³-hybridized carbons (Fsp3) is 0.167. The number of benzene rings is 1. The molecule has 2 rings (SSSR count). The van der Waals surface area contributed by atoms with Gasteiger partial charge in [0.25, 0.3) is 5.91 Å². The molecular formula is C12H13N3O2S. The summed E-state index contributed by atoms with van der Waals surface area (Å²) in [5, 5.41) is 14.6. The minimum Gasteiger partial charge on any atom is -0.508 e. The zero-order valence-electron chi connectivity index (χ0n) is 9.59. The molecule has 0 radical (unpaired) electrons. The number of carbonyl (C=O) groups excluding carboxylic acids is 1. The summed E-state index contributed by atoms with van der Waals surface area (Å²) in [6.45, 7) is 0.596. The van der Waals surface area contributed by atoms with Crippen molar-refractivity contribution in [3.8, 4) is 5.75 Å². The van der Waals surface area contributed by atoms with Crippen LogP contribution in [0.3, 0.4) is 0 Å². The van der Waals surface area contributed by atoms with E-state index in [1.54, 1.807) is 29.6 Å². The van der Waals surface area contributed by atoms with Crippen LogP contribution in [-0.2, 0) is 13.1 Å². The molecule has 0 aliphatic heterocycles. The van der Waals surface area contributed by atoms with Crippen molar-refractivity contribution in [3.05, 3.63) is 45.9 Å². The lowest BCUT2D eigenvalue weighted by molar-refractivity contribution is 0.0946. The first-order chi connectivity index (χ1) is 8.70. The van der Waals surface area contributed by atoms with Gasteiger partial charge in [-0.25, -0.2) is 4.98 Å². The van der Waals surface area contributed by atoms with Crippen LogP contribution in [0.1, 0.15) is 21.1 Å². The average Bonchev–Trinajstić information content (AvgIpc) is 2.86. The van der Waals surface area contributed by atoms with Crippen LogP contribution in [0.25, 0.3) is 0 Å². The monoisotopic (exact) mass is 263 g/mol. The van der Waals surface area contributed by atoms with Gasteiger partial charge in [0.05, 0.1) is 0 Å². The van der Waals surface area contributed by atoms with E-state index < -0.39 is 0 Å². The summed E-state index contributed by atoms with van der Waals surface area (Å²) >= 11 is 1.36. The number of amides is 1. The third kappa shape index (κ3) is 2.85. The zero-order chi connectivity index (χ0) is 13.0.